The van der Waals surface area contributed by atoms with Gasteiger partial charge in [-0.2, -0.15) is 23.2 Å². The molecule has 1 saturated carbocycles. The van der Waals surface area contributed by atoms with Crippen molar-refractivity contribution >= 4 is 32.9 Å². The fourth-order valence-corrected chi connectivity index (χ4v) is 6.76. The molecule has 0 bridgehead atoms. The lowest BCUT2D eigenvalue weighted by molar-refractivity contribution is -0.0513. The van der Waals surface area contributed by atoms with Gasteiger partial charge in [0, 0.05) is 37.6 Å². The van der Waals surface area contributed by atoms with Crippen molar-refractivity contribution in [2.45, 2.75) is 75.1 Å². The van der Waals surface area contributed by atoms with Crippen LogP contribution < -0.4 is 15.6 Å². The number of carbonyl (C=O) groups is 1. The van der Waals surface area contributed by atoms with Gasteiger partial charge in [-0.3, -0.25) is 14.2 Å². The molecule has 3 aromatic rings. The molecule has 13 nitrogen and oxygen atoms in total. The molecule has 216 valence electrons. The number of aliphatic hydroxyl groups is 1. The summed E-state index contributed by atoms with van der Waals surface area (Å²) in [5, 5.41) is 18.2. The van der Waals surface area contributed by atoms with Crippen molar-refractivity contribution in [3.8, 4) is 5.75 Å². The number of nitrogens with one attached hydrogen (secondary N) is 1. The van der Waals surface area contributed by atoms with Gasteiger partial charge in [0.05, 0.1) is 24.0 Å². The van der Waals surface area contributed by atoms with Crippen LogP contribution in [-0.2, 0) is 10.0 Å². The monoisotopic (exact) mass is 581 g/mol. The number of pyridine rings is 1. The first-order valence-electron chi connectivity index (χ1n) is 12.8. The Hall–Kier alpha value is -3.50. The van der Waals surface area contributed by atoms with Gasteiger partial charge in [0.2, 0.25) is 21.9 Å². The first-order chi connectivity index (χ1) is 18.9. The van der Waals surface area contributed by atoms with Crippen LogP contribution in [0.3, 0.4) is 0 Å². The molecule has 16 heteroatoms. The molecule has 4 heterocycles. The van der Waals surface area contributed by atoms with Crippen LogP contribution in [0.1, 0.15) is 56.8 Å². The van der Waals surface area contributed by atoms with E-state index in [4.69, 9.17) is 0 Å². The zero-order chi connectivity index (χ0) is 28.8. The average Bonchev–Trinajstić information content (AvgIpc) is 3.52. The largest absolute Gasteiger partial charge is 0.429 e. The lowest BCUT2D eigenvalue weighted by atomic mass is 10.00. The molecule has 1 aliphatic heterocycles. The number of halogens is 2. The second kappa shape index (κ2) is 10.5. The van der Waals surface area contributed by atoms with Crippen LogP contribution in [0.4, 0.5) is 14.7 Å². The number of aromatic nitrogens is 5. The Morgan fingerprint density at radius 1 is 1.25 bits per heavy atom. The van der Waals surface area contributed by atoms with Gasteiger partial charge in [-0.05, 0) is 45.1 Å². The molecule has 2 fully saturated rings. The summed E-state index contributed by atoms with van der Waals surface area (Å²) < 4.78 is 59.9. The zero-order valence-electron chi connectivity index (χ0n) is 21.8. The molecule has 0 unspecified atom stereocenters. The molecule has 5 rings (SSSR count). The summed E-state index contributed by atoms with van der Waals surface area (Å²) in [5.41, 5.74) is -1.91. The molecule has 0 radical (unpaired) electrons. The third kappa shape index (κ3) is 5.30. The summed E-state index contributed by atoms with van der Waals surface area (Å²) in [5.74, 6) is -0.790. The predicted octanol–water partition coefficient (Wildman–Crippen LogP) is 1.99. The minimum absolute atomic E-state index is 0.0667. The maximum atomic E-state index is 13.2. The van der Waals surface area contributed by atoms with E-state index in [1.165, 1.54) is 28.2 Å². The number of hydrogen-bond acceptors (Lipinski definition) is 10. The molecule has 2 atom stereocenters. The second-order valence-electron chi connectivity index (χ2n) is 10.3. The second-order valence-corrected chi connectivity index (χ2v) is 12.2. The Bertz CT molecular complexity index is 1600. The number of piperidine rings is 1. The number of sulfonamides is 1. The van der Waals surface area contributed by atoms with Crippen molar-refractivity contribution in [2.75, 3.05) is 18.4 Å². The van der Waals surface area contributed by atoms with Crippen molar-refractivity contribution in [1.82, 2.24) is 28.6 Å². The molecular weight excluding hydrogens is 552 g/mol. The lowest BCUT2D eigenvalue weighted by Crippen LogP contribution is -2.42. The summed E-state index contributed by atoms with van der Waals surface area (Å²) in [6, 6.07) is 0.262. The number of fused-ring (bicyclic) bond motifs is 1. The summed E-state index contributed by atoms with van der Waals surface area (Å²) in [6.07, 6.45) is 6.07. The number of anilines is 1. The van der Waals surface area contributed by atoms with Crippen LogP contribution in [0.5, 0.6) is 5.75 Å². The fourth-order valence-electron chi connectivity index (χ4n) is 5.36. The molecular formula is C24H29F2N7O6S. The highest BCUT2D eigenvalue weighted by Crippen LogP contribution is 2.40. The number of carbonyl (C=O) groups excluding carboxylic acids is 1. The fraction of sp³-hybridized carbons (Fsp3) is 0.542. The standard InChI is InChI=1S/C24H29F2N7O6S/c1-14(34)32-13-17(12-28-32)40(37,38)31-8-5-16(6-9-31)29-23-27-11-15-10-18(39-22(25)26)21(35)33(20(15)30-23)19-4-3-7-24(19,2)36/h10-13,16,19,22,36H,3-9H2,1-2H3,(H,27,29,30)/t19-,24-/m1/s1. The van der Waals surface area contributed by atoms with Gasteiger partial charge in [0.25, 0.3) is 5.56 Å². The van der Waals surface area contributed by atoms with Crippen molar-refractivity contribution in [3.63, 3.8) is 0 Å². The maximum Gasteiger partial charge on any atom is 0.387 e. The first kappa shape index (κ1) is 28.0. The van der Waals surface area contributed by atoms with Gasteiger partial charge >= 0.3 is 6.61 Å². The van der Waals surface area contributed by atoms with Crippen molar-refractivity contribution < 1.29 is 31.8 Å². The Balaban J connectivity index is 1.37. The number of nitrogens with zero attached hydrogens (tertiary/aromatic N) is 6. The molecule has 2 aliphatic rings. The van der Waals surface area contributed by atoms with E-state index in [1.54, 1.807) is 6.92 Å². The summed E-state index contributed by atoms with van der Waals surface area (Å²) in [7, 11) is -3.83. The van der Waals surface area contributed by atoms with E-state index in [-0.39, 0.29) is 41.0 Å². The van der Waals surface area contributed by atoms with Gasteiger partial charge in [-0.1, -0.05) is 0 Å². The van der Waals surface area contributed by atoms with Crippen LogP contribution in [-0.4, -0.2) is 79.4 Å². The van der Waals surface area contributed by atoms with Gasteiger partial charge in [0.15, 0.2) is 5.75 Å². The summed E-state index contributed by atoms with van der Waals surface area (Å²) >= 11 is 0. The van der Waals surface area contributed by atoms with E-state index in [0.29, 0.717) is 32.1 Å². The van der Waals surface area contributed by atoms with E-state index >= 15 is 0 Å². The Morgan fingerprint density at radius 3 is 2.58 bits per heavy atom. The van der Waals surface area contributed by atoms with Crippen LogP contribution in [0.2, 0.25) is 0 Å². The van der Waals surface area contributed by atoms with Crippen LogP contribution in [0.15, 0.2) is 34.3 Å². The lowest BCUT2D eigenvalue weighted by Gasteiger charge is -2.31. The number of hydrogen-bond donors (Lipinski definition) is 2. The highest BCUT2D eigenvalue weighted by atomic mass is 32.2. The van der Waals surface area contributed by atoms with E-state index < -0.39 is 45.5 Å². The summed E-state index contributed by atoms with van der Waals surface area (Å²) in [4.78, 5) is 33.4. The predicted molar refractivity (Wildman–Crippen MR) is 138 cm³/mol. The molecule has 3 aromatic heterocycles. The molecule has 40 heavy (non-hydrogen) atoms. The van der Waals surface area contributed by atoms with Crippen LogP contribution in [0.25, 0.3) is 11.0 Å². The Kier molecular flexibility index (Phi) is 7.35. The molecule has 2 N–H and O–H groups in total. The number of ether oxygens (including phenoxy) is 1. The van der Waals surface area contributed by atoms with Gasteiger partial charge < -0.3 is 15.2 Å². The van der Waals surface area contributed by atoms with E-state index in [1.807, 2.05) is 0 Å². The van der Waals surface area contributed by atoms with E-state index in [2.05, 4.69) is 25.1 Å². The summed E-state index contributed by atoms with van der Waals surface area (Å²) in [6.45, 7) is 0.0633. The number of alkyl halides is 2. The van der Waals surface area contributed by atoms with Crippen molar-refractivity contribution in [1.29, 1.82) is 0 Å². The van der Waals surface area contributed by atoms with Crippen LogP contribution in [0, 0.1) is 0 Å². The quantitative estimate of drug-likeness (QED) is 0.422. The third-order valence-electron chi connectivity index (χ3n) is 7.45. The van der Waals surface area contributed by atoms with Gasteiger partial charge in [-0.15, -0.1) is 0 Å². The molecule has 0 spiro atoms. The first-order valence-corrected chi connectivity index (χ1v) is 14.2. The van der Waals surface area contributed by atoms with Gasteiger partial charge in [0.1, 0.15) is 10.5 Å². The zero-order valence-corrected chi connectivity index (χ0v) is 22.6. The number of rotatable bonds is 7. The smallest absolute Gasteiger partial charge is 0.387 e. The normalized spacial score (nSPS) is 22.7. The Morgan fingerprint density at radius 2 is 1.98 bits per heavy atom. The van der Waals surface area contributed by atoms with Crippen molar-refractivity contribution in [2.24, 2.45) is 0 Å². The average molecular weight is 582 g/mol. The van der Waals surface area contributed by atoms with E-state index in [0.717, 1.165) is 16.9 Å². The SMILES string of the molecule is CC(=O)n1cc(S(=O)(=O)N2CCC(Nc3ncc4cc(OC(F)F)c(=O)n([C@@H]5CCC[C@@]5(C)O)c4n3)CC2)cn1. The third-order valence-corrected chi connectivity index (χ3v) is 9.30. The topological polar surface area (TPSA) is 162 Å². The van der Waals surface area contributed by atoms with Crippen LogP contribution >= 0.6 is 0 Å². The van der Waals surface area contributed by atoms with Gasteiger partial charge in [-0.25, -0.2) is 18.1 Å². The maximum absolute atomic E-state index is 13.2. The molecule has 1 saturated heterocycles. The minimum atomic E-state index is -3.83. The highest BCUT2D eigenvalue weighted by molar-refractivity contribution is 7.89. The minimum Gasteiger partial charge on any atom is -0.429 e. The van der Waals surface area contributed by atoms with E-state index in [9.17, 15) is 31.9 Å². The van der Waals surface area contributed by atoms with Crippen molar-refractivity contribution in [3.05, 3.63) is 35.0 Å². The molecule has 0 aromatic carbocycles. The molecule has 1 aliphatic carbocycles. The highest BCUT2D eigenvalue weighted by Gasteiger charge is 2.40. The molecule has 0 amide bonds. The Labute approximate surface area is 227 Å².